The van der Waals surface area contributed by atoms with Crippen molar-refractivity contribution in [2.45, 2.75) is 11.1 Å². The van der Waals surface area contributed by atoms with Crippen LogP contribution in [-0.4, -0.2) is 24.9 Å². The highest BCUT2D eigenvalue weighted by Crippen LogP contribution is 2.30. The van der Waals surface area contributed by atoms with Crippen LogP contribution in [-0.2, 0) is 11.0 Å². The number of benzene rings is 2. The second kappa shape index (κ2) is 8.57. The summed E-state index contributed by atoms with van der Waals surface area (Å²) in [5.41, 5.74) is 2.57. The zero-order valence-corrected chi connectivity index (χ0v) is 14.1. The van der Waals surface area contributed by atoms with Gasteiger partial charge in [-0.3, -0.25) is 4.79 Å². The summed E-state index contributed by atoms with van der Waals surface area (Å²) in [5.74, 6) is -0.464. The molecule has 8 heteroatoms. The topological polar surface area (TPSA) is 53.5 Å². The lowest BCUT2D eigenvalue weighted by atomic mass is 10.2. The molecule has 132 valence electrons. The summed E-state index contributed by atoms with van der Waals surface area (Å²) < 4.78 is 37.8. The average molecular weight is 367 g/mol. The van der Waals surface area contributed by atoms with Gasteiger partial charge in [0.15, 0.2) is 0 Å². The molecule has 2 aromatic rings. The van der Waals surface area contributed by atoms with E-state index in [4.69, 9.17) is 0 Å². The normalized spacial score (nSPS) is 11.5. The fourth-order valence-corrected chi connectivity index (χ4v) is 2.30. The first kappa shape index (κ1) is 18.9. The lowest BCUT2D eigenvalue weighted by molar-refractivity contribution is -0.137. The molecular weight excluding hydrogens is 351 g/mol. The molecule has 0 heterocycles. The van der Waals surface area contributed by atoms with Gasteiger partial charge < -0.3 is 5.32 Å². The predicted octanol–water partition coefficient (Wildman–Crippen LogP) is 3.99. The van der Waals surface area contributed by atoms with E-state index in [-0.39, 0.29) is 12.2 Å². The van der Waals surface area contributed by atoms with Gasteiger partial charge in [-0.15, -0.1) is 11.8 Å². The van der Waals surface area contributed by atoms with Gasteiger partial charge in [-0.2, -0.15) is 18.3 Å². The molecule has 0 atom stereocenters. The molecule has 0 aliphatic rings. The molecular formula is C17H16F3N3OS. The first-order valence-corrected chi connectivity index (χ1v) is 8.48. The molecule has 0 radical (unpaired) electrons. The molecule has 0 spiro atoms. The van der Waals surface area contributed by atoms with Crippen LogP contribution in [0.4, 0.5) is 18.9 Å². The molecule has 0 unspecified atom stereocenters. The van der Waals surface area contributed by atoms with Crippen LogP contribution in [0.1, 0.15) is 11.1 Å². The Morgan fingerprint density at radius 2 is 1.92 bits per heavy atom. The molecule has 2 aromatic carbocycles. The van der Waals surface area contributed by atoms with Crippen LogP contribution in [0.15, 0.2) is 58.5 Å². The van der Waals surface area contributed by atoms with Crippen molar-refractivity contribution < 1.29 is 18.0 Å². The number of amides is 1. The Bertz CT molecular complexity index is 746. The Balaban J connectivity index is 1.83. The number of carbonyl (C=O) groups excluding carboxylic acids is 1. The minimum absolute atomic E-state index is 0.190. The maximum atomic E-state index is 12.6. The zero-order valence-electron chi connectivity index (χ0n) is 13.3. The van der Waals surface area contributed by atoms with E-state index in [0.717, 1.165) is 22.6 Å². The van der Waals surface area contributed by atoms with Crippen molar-refractivity contribution in [3.63, 3.8) is 0 Å². The smallest absolute Gasteiger partial charge is 0.376 e. The Morgan fingerprint density at radius 1 is 1.20 bits per heavy atom. The van der Waals surface area contributed by atoms with Crippen molar-refractivity contribution in [3.05, 3.63) is 59.7 Å². The molecule has 25 heavy (non-hydrogen) atoms. The number of hydrogen-bond acceptors (Lipinski definition) is 4. The molecule has 0 bridgehead atoms. The van der Waals surface area contributed by atoms with E-state index >= 15 is 0 Å². The number of carbonyl (C=O) groups is 1. The number of anilines is 1. The van der Waals surface area contributed by atoms with Crippen molar-refractivity contribution in [2.24, 2.45) is 5.10 Å². The number of alkyl halides is 3. The summed E-state index contributed by atoms with van der Waals surface area (Å²) in [6.07, 6.45) is -0.955. The molecule has 0 saturated carbocycles. The van der Waals surface area contributed by atoms with Gasteiger partial charge in [0.1, 0.15) is 0 Å². The van der Waals surface area contributed by atoms with Crippen molar-refractivity contribution in [3.8, 4) is 0 Å². The second-order valence-electron chi connectivity index (χ2n) is 5.00. The maximum absolute atomic E-state index is 12.6. The molecule has 0 aliphatic carbocycles. The van der Waals surface area contributed by atoms with E-state index in [0.29, 0.717) is 0 Å². The summed E-state index contributed by atoms with van der Waals surface area (Å²) >= 11 is 1.62. The molecule has 2 rings (SSSR count). The van der Waals surface area contributed by atoms with Gasteiger partial charge >= 0.3 is 6.18 Å². The van der Waals surface area contributed by atoms with Gasteiger partial charge in [-0.25, -0.2) is 5.43 Å². The van der Waals surface area contributed by atoms with Crippen LogP contribution in [0.5, 0.6) is 0 Å². The molecule has 4 nitrogen and oxygen atoms in total. The van der Waals surface area contributed by atoms with Crippen LogP contribution in [0.25, 0.3) is 0 Å². The van der Waals surface area contributed by atoms with Crippen LogP contribution >= 0.6 is 11.8 Å². The number of thioether (sulfide) groups is 1. The van der Waals surface area contributed by atoms with Crippen LogP contribution < -0.4 is 10.7 Å². The summed E-state index contributed by atoms with van der Waals surface area (Å²) in [5, 5.41) is 6.45. The fraction of sp³-hybridized carbons (Fsp3) is 0.176. The van der Waals surface area contributed by atoms with Gasteiger partial charge in [-0.1, -0.05) is 18.2 Å². The minimum Gasteiger partial charge on any atom is -0.376 e. The number of halogens is 3. The van der Waals surface area contributed by atoms with Crippen LogP contribution in [0.2, 0.25) is 0 Å². The molecule has 0 aliphatic heterocycles. The third-order valence-electron chi connectivity index (χ3n) is 3.16. The van der Waals surface area contributed by atoms with Gasteiger partial charge in [0, 0.05) is 10.6 Å². The van der Waals surface area contributed by atoms with E-state index < -0.39 is 17.6 Å². The quantitative estimate of drug-likeness (QED) is 0.461. The number of nitrogens with one attached hydrogen (secondary N) is 2. The van der Waals surface area contributed by atoms with E-state index in [1.54, 1.807) is 11.8 Å². The Hall–Kier alpha value is -2.48. The van der Waals surface area contributed by atoms with Crippen molar-refractivity contribution in [2.75, 3.05) is 18.1 Å². The van der Waals surface area contributed by atoms with E-state index in [9.17, 15) is 18.0 Å². The van der Waals surface area contributed by atoms with E-state index in [2.05, 4.69) is 15.8 Å². The number of nitrogens with zero attached hydrogens (tertiary/aromatic N) is 1. The third-order valence-corrected chi connectivity index (χ3v) is 3.91. The Kier molecular flexibility index (Phi) is 6.46. The highest BCUT2D eigenvalue weighted by molar-refractivity contribution is 7.98. The van der Waals surface area contributed by atoms with Gasteiger partial charge in [0.05, 0.1) is 18.3 Å². The number of hydrogen-bond donors (Lipinski definition) is 2. The molecule has 2 N–H and O–H groups in total. The molecule has 0 saturated heterocycles. The molecule has 0 aromatic heterocycles. The Morgan fingerprint density at radius 3 is 2.56 bits per heavy atom. The lowest BCUT2D eigenvalue weighted by Gasteiger charge is -2.10. The monoisotopic (exact) mass is 367 g/mol. The predicted molar refractivity (Wildman–Crippen MR) is 93.9 cm³/mol. The van der Waals surface area contributed by atoms with Crippen molar-refractivity contribution in [1.29, 1.82) is 0 Å². The molecule has 0 fully saturated rings. The number of rotatable bonds is 6. The maximum Gasteiger partial charge on any atom is 0.416 e. The van der Waals surface area contributed by atoms with Gasteiger partial charge in [-0.05, 0) is 42.2 Å². The standard InChI is InChI=1S/C17H16F3N3OS/c1-25-15-7-5-12(6-8-15)10-22-23-16(24)11-21-14-4-2-3-13(9-14)17(18,19)20/h2-10,21H,11H2,1H3,(H,23,24)/b22-10-. The SMILES string of the molecule is CSc1ccc(/C=N\NC(=O)CNc2cccc(C(F)(F)F)c2)cc1. The van der Waals surface area contributed by atoms with Crippen molar-refractivity contribution >= 4 is 29.6 Å². The van der Waals surface area contributed by atoms with Gasteiger partial charge in [0.25, 0.3) is 5.91 Å². The summed E-state index contributed by atoms with van der Waals surface area (Å²) in [6.45, 7) is -0.190. The minimum atomic E-state index is -4.42. The van der Waals surface area contributed by atoms with Gasteiger partial charge in [0.2, 0.25) is 0 Å². The third kappa shape index (κ3) is 6.15. The van der Waals surface area contributed by atoms with E-state index in [1.165, 1.54) is 18.3 Å². The lowest BCUT2D eigenvalue weighted by Crippen LogP contribution is -2.26. The highest BCUT2D eigenvalue weighted by Gasteiger charge is 2.30. The zero-order chi connectivity index (χ0) is 18.3. The summed E-state index contributed by atoms with van der Waals surface area (Å²) in [6, 6.07) is 12.2. The summed E-state index contributed by atoms with van der Waals surface area (Å²) in [7, 11) is 0. The largest absolute Gasteiger partial charge is 0.416 e. The number of hydrazone groups is 1. The highest BCUT2D eigenvalue weighted by atomic mass is 32.2. The summed E-state index contributed by atoms with van der Waals surface area (Å²) in [4.78, 5) is 12.8. The van der Waals surface area contributed by atoms with Crippen LogP contribution in [0.3, 0.4) is 0 Å². The van der Waals surface area contributed by atoms with Crippen molar-refractivity contribution in [1.82, 2.24) is 5.43 Å². The second-order valence-corrected chi connectivity index (χ2v) is 5.88. The first-order valence-electron chi connectivity index (χ1n) is 7.25. The average Bonchev–Trinajstić information content (AvgIpc) is 2.60. The first-order chi connectivity index (χ1) is 11.9. The molecule has 1 amide bonds. The fourth-order valence-electron chi connectivity index (χ4n) is 1.90. The Labute approximate surface area is 147 Å². The van der Waals surface area contributed by atoms with Crippen LogP contribution in [0, 0.1) is 0 Å². The van der Waals surface area contributed by atoms with E-state index in [1.807, 2.05) is 30.5 Å².